The van der Waals surface area contributed by atoms with Gasteiger partial charge in [0.05, 0.1) is 46.8 Å². The summed E-state index contributed by atoms with van der Waals surface area (Å²) < 4.78 is 7.23. The largest absolute Gasteiger partial charge is 0.465 e. The predicted octanol–water partition coefficient (Wildman–Crippen LogP) is 7.59. The van der Waals surface area contributed by atoms with Crippen molar-refractivity contribution < 1.29 is 9.53 Å². The number of carbonyl (C=O) groups excluding carboxylic acids is 1. The van der Waals surface area contributed by atoms with Crippen molar-refractivity contribution in [3.63, 3.8) is 0 Å². The fourth-order valence-corrected chi connectivity index (χ4v) is 7.76. The summed E-state index contributed by atoms with van der Waals surface area (Å²) in [5, 5.41) is 4.89. The molecule has 1 N–H and O–H groups in total. The van der Waals surface area contributed by atoms with Gasteiger partial charge in [0.25, 0.3) is 0 Å². The van der Waals surface area contributed by atoms with Crippen LogP contribution in [0, 0.1) is 25.7 Å². The predicted molar refractivity (Wildman–Crippen MR) is 181 cm³/mol. The molecule has 2 aliphatic rings. The zero-order valence-corrected chi connectivity index (χ0v) is 27.3. The monoisotopic (exact) mass is 627 g/mol. The van der Waals surface area contributed by atoms with E-state index < -0.39 is 0 Å². The highest BCUT2D eigenvalue weighted by atomic mass is 35.5. The summed E-state index contributed by atoms with van der Waals surface area (Å²) in [6, 6.07) is 21.5. The first-order chi connectivity index (χ1) is 21.2. The smallest absolute Gasteiger partial charge is 0.339 e. The molecule has 2 saturated heterocycles. The lowest BCUT2D eigenvalue weighted by Crippen LogP contribution is -2.38. The number of aromatic nitrogens is 2. The third kappa shape index (κ3) is 5.46. The number of rotatable bonds is 6. The Morgan fingerprint density at radius 1 is 1.00 bits per heavy atom. The van der Waals surface area contributed by atoms with Crippen LogP contribution in [-0.2, 0) is 4.74 Å². The van der Waals surface area contributed by atoms with Crippen LogP contribution in [-0.4, -0.2) is 40.8 Å². The summed E-state index contributed by atoms with van der Waals surface area (Å²) in [6.07, 6.45) is 3.04. The van der Waals surface area contributed by atoms with Gasteiger partial charge in [-0.3, -0.25) is 4.98 Å². The number of methoxy groups -OCH3 is 1. The Morgan fingerprint density at radius 3 is 2.41 bits per heavy atom. The Balaban J connectivity index is 1.46. The molecule has 228 valence electrons. The normalized spacial score (nSPS) is 21.8. The number of ether oxygens (including phenoxy) is 1. The Bertz CT molecular complexity index is 1700. The number of aryl methyl sites for hydroxylation is 1. The molecule has 0 saturated carbocycles. The van der Waals surface area contributed by atoms with Crippen LogP contribution in [0.5, 0.6) is 0 Å². The van der Waals surface area contributed by atoms with Crippen LogP contribution in [0.15, 0.2) is 72.9 Å². The second kappa shape index (κ2) is 12.3. The average molecular weight is 628 g/mol. The molecule has 9 heteroatoms. The molecule has 0 unspecified atom stereocenters. The Labute approximate surface area is 269 Å². The van der Waals surface area contributed by atoms with E-state index in [0.717, 1.165) is 52.8 Å². The highest BCUT2D eigenvalue weighted by Gasteiger charge is 2.42. The summed E-state index contributed by atoms with van der Waals surface area (Å²) >= 11 is 13.1. The van der Waals surface area contributed by atoms with E-state index in [1.807, 2.05) is 48.7 Å². The number of pyridine rings is 1. The highest BCUT2D eigenvalue weighted by molar-refractivity contribution is 7.80. The van der Waals surface area contributed by atoms with Gasteiger partial charge in [-0.05, 0) is 98.4 Å². The molecule has 0 bridgehead atoms. The van der Waals surface area contributed by atoms with Gasteiger partial charge >= 0.3 is 5.97 Å². The number of hydrogen-bond acceptors (Lipinski definition) is 5. The van der Waals surface area contributed by atoms with Crippen LogP contribution < -0.4 is 15.1 Å². The van der Waals surface area contributed by atoms with E-state index in [2.05, 4.69) is 65.6 Å². The second-order valence-electron chi connectivity index (χ2n) is 12.2. The maximum absolute atomic E-state index is 12.7. The average Bonchev–Trinajstić information content (AvgIpc) is 3.50. The van der Waals surface area contributed by atoms with Gasteiger partial charge in [0.2, 0.25) is 0 Å². The number of nitrogens with zero attached hydrogens (tertiary/aromatic N) is 4. The van der Waals surface area contributed by atoms with Crippen LogP contribution in [0.25, 0.3) is 5.69 Å². The molecule has 2 fully saturated rings. The summed E-state index contributed by atoms with van der Waals surface area (Å²) in [5.41, 5.74) is 7.20. The fraction of sp³-hybridized carbons (Fsp3) is 0.343. The maximum Gasteiger partial charge on any atom is 0.339 e. The SMILES string of the molecule is COC(=O)c1ccccc1-n1c(C)cc([C@@H]2[C@H](c3ccccn3)NC(=S)N2c2ccc(N3C[C@@H](C)C[C@H](C)C3)c(Cl)c2)c1C. The number of carbonyl (C=O) groups is 1. The minimum atomic E-state index is -0.376. The highest BCUT2D eigenvalue weighted by Crippen LogP contribution is 2.45. The molecule has 4 atom stereocenters. The molecule has 0 amide bonds. The molecule has 0 aliphatic carbocycles. The number of benzene rings is 2. The second-order valence-corrected chi connectivity index (χ2v) is 12.9. The van der Waals surface area contributed by atoms with E-state index in [1.54, 1.807) is 6.07 Å². The van der Waals surface area contributed by atoms with E-state index in [-0.39, 0.29) is 18.1 Å². The number of thiocarbonyl (C=S) groups is 1. The first-order valence-corrected chi connectivity index (χ1v) is 15.9. The zero-order chi connectivity index (χ0) is 31.1. The van der Waals surface area contributed by atoms with Crippen LogP contribution in [0.1, 0.15) is 65.4 Å². The number of piperidine rings is 1. The molecule has 2 aromatic heterocycles. The Hall–Kier alpha value is -3.88. The number of hydrogen-bond donors (Lipinski definition) is 1. The quantitative estimate of drug-likeness (QED) is 0.175. The molecule has 6 rings (SSSR count). The summed E-state index contributed by atoms with van der Waals surface area (Å²) in [6.45, 7) is 10.7. The van der Waals surface area contributed by atoms with Crippen LogP contribution >= 0.6 is 23.8 Å². The Kier molecular flexibility index (Phi) is 8.40. The fourth-order valence-electron chi connectivity index (χ4n) is 7.12. The summed E-state index contributed by atoms with van der Waals surface area (Å²) in [4.78, 5) is 22.0. The van der Waals surface area contributed by atoms with Crippen LogP contribution in [0.4, 0.5) is 11.4 Å². The lowest BCUT2D eigenvalue weighted by Gasteiger charge is -2.37. The minimum Gasteiger partial charge on any atom is -0.465 e. The molecule has 4 heterocycles. The van der Waals surface area contributed by atoms with E-state index in [0.29, 0.717) is 27.5 Å². The molecule has 0 radical (unpaired) electrons. The molecule has 2 aliphatic heterocycles. The molecule has 0 spiro atoms. The number of para-hydroxylation sites is 1. The van der Waals surface area contributed by atoms with Crippen molar-refractivity contribution in [2.24, 2.45) is 11.8 Å². The number of nitrogens with one attached hydrogen (secondary N) is 1. The van der Waals surface area contributed by atoms with Gasteiger partial charge in [0.1, 0.15) is 0 Å². The molecule has 2 aromatic carbocycles. The number of anilines is 2. The van der Waals surface area contributed by atoms with Gasteiger partial charge in [0.15, 0.2) is 5.11 Å². The molecule has 44 heavy (non-hydrogen) atoms. The van der Waals surface area contributed by atoms with E-state index in [4.69, 9.17) is 33.5 Å². The Morgan fingerprint density at radius 2 is 1.73 bits per heavy atom. The van der Waals surface area contributed by atoms with E-state index in [1.165, 1.54) is 13.5 Å². The van der Waals surface area contributed by atoms with Gasteiger partial charge in [-0.25, -0.2) is 4.79 Å². The van der Waals surface area contributed by atoms with Crippen molar-refractivity contribution in [1.29, 1.82) is 0 Å². The third-order valence-electron chi connectivity index (χ3n) is 8.86. The topological polar surface area (TPSA) is 62.6 Å². The van der Waals surface area contributed by atoms with Crippen molar-refractivity contribution >= 4 is 46.3 Å². The lowest BCUT2D eigenvalue weighted by atomic mass is 9.91. The minimum absolute atomic E-state index is 0.212. The molecular formula is C35H38ClN5O2S. The van der Waals surface area contributed by atoms with Crippen molar-refractivity contribution in [2.45, 2.75) is 46.2 Å². The third-order valence-corrected chi connectivity index (χ3v) is 9.47. The van der Waals surface area contributed by atoms with Gasteiger partial charge < -0.3 is 24.4 Å². The van der Waals surface area contributed by atoms with Gasteiger partial charge in [-0.1, -0.05) is 43.6 Å². The van der Waals surface area contributed by atoms with Crippen LogP contribution in [0.2, 0.25) is 5.02 Å². The molecule has 7 nitrogen and oxygen atoms in total. The van der Waals surface area contributed by atoms with Crippen molar-refractivity contribution in [2.75, 3.05) is 30.0 Å². The van der Waals surface area contributed by atoms with Crippen molar-refractivity contribution in [1.82, 2.24) is 14.9 Å². The van der Waals surface area contributed by atoms with E-state index in [9.17, 15) is 4.79 Å². The zero-order valence-electron chi connectivity index (χ0n) is 25.8. The summed E-state index contributed by atoms with van der Waals surface area (Å²) in [5.74, 6) is 0.861. The van der Waals surface area contributed by atoms with Crippen molar-refractivity contribution in [3.8, 4) is 5.69 Å². The van der Waals surface area contributed by atoms with E-state index >= 15 is 0 Å². The first kappa shape index (κ1) is 30.2. The van der Waals surface area contributed by atoms with Gasteiger partial charge in [0, 0.05) is 36.4 Å². The molecule has 4 aromatic rings. The lowest BCUT2D eigenvalue weighted by molar-refractivity contribution is 0.0600. The number of halogens is 1. The molecular weight excluding hydrogens is 590 g/mol. The van der Waals surface area contributed by atoms with Gasteiger partial charge in [-0.2, -0.15) is 0 Å². The van der Waals surface area contributed by atoms with Gasteiger partial charge in [-0.15, -0.1) is 0 Å². The van der Waals surface area contributed by atoms with Crippen LogP contribution in [0.3, 0.4) is 0 Å². The standard InChI is InChI=1S/C35H38ClN5O2S/c1-21-16-22(2)20-39(19-21)31-14-13-25(18-28(31)36)41-33(32(38-35(41)44)29-11-8-9-15-37-29)27-17-23(3)40(24(27)4)30-12-7-6-10-26(30)34(42)43-5/h6-15,17-18,21-22,32-33H,16,19-20H2,1-5H3,(H,38,44)/t21-,22-,32-,33+/m0/s1. The maximum atomic E-state index is 12.7. The summed E-state index contributed by atoms with van der Waals surface area (Å²) in [7, 11) is 1.41. The number of esters is 1. The first-order valence-electron chi connectivity index (χ1n) is 15.1. The van der Waals surface area contributed by atoms with Crippen molar-refractivity contribution in [3.05, 3.63) is 106 Å².